The highest BCUT2D eigenvalue weighted by Crippen LogP contribution is 2.36. The normalized spacial score (nSPS) is 12.8. The Bertz CT molecular complexity index is 884. The molecule has 0 amide bonds. The van der Waals surface area contributed by atoms with E-state index in [0.29, 0.717) is 6.04 Å². The summed E-state index contributed by atoms with van der Waals surface area (Å²) in [5.74, 6) is 0. The number of benzene rings is 2. The molecule has 0 spiro atoms. The Balaban J connectivity index is 1.46. The van der Waals surface area contributed by atoms with Gasteiger partial charge in [-0.2, -0.15) is 0 Å². The van der Waals surface area contributed by atoms with E-state index >= 15 is 0 Å². The second-order valence-electron chi connectivity index (χ2n) is 9.22. The molecule has 3 rings (SSSR count). The van der Waals surface area contributed by atoms with Crippen molar-refractivity contribution in [2.24, 2.45) is 0 Å². The highest BCUT2D eigenvalue weighted by molar-refractivity contribution is 9.10. The Hall–Kier alpha value is -0.800. The monoisotopic (exact) mass is 547 g/mol. The van der Waals surface area contributed by atoms with Crippen LogP contribution in [-0.2, 0) is 0 Å². The summed E-state index contributed by atoms with van der Waals surface area (Å²) < 4.78 is 4.86. The van der Waals surface area contributed by atoms with Crippen LogP contribution < -0.4 is 0 Å². The van der Waals surface area contributed by atoms with Crippen LogP contribution in [0.25, 0.3) is 21.8 Å². The number of fused-ring (bicyclic) bond motifs is 3. The van der Waals surface area contributed by atoms with Crippen molar-refractivity contribution in [3.05, 3.63) is 45.3 Å². The van der Waals surface area contributed by atoms with Gasteiger partial charge in [-0.1, -0.05) is 128 Å². The second kappa shape index (κ2) is 13.0. The smallest absolute Gasteiger partial charge is 0.0505 e. The lowest BCUT2D eigenvalue weighted by Gasteiger charge is -2.17. The van der Waals surface area contributed by atoms with Gasteiger partial charge in [-0.3, -0.25) is 0 Å². The fourth-order valence-corrected chi connectivity index (χ4v) is 5.58. The summed E-state index contributed by atoms with van der Waals surface area (Å²) in [5.41, 5.74) is 2.68. The van der Waals surface area contributed by atoms with Gasteiger partial charge in [0.05, 0.1) is 11.0 Å². The lowest BCUT2D eigenvalue weighted by Crippen LogP contribution is -2.05. The van der Waals surface area contributed by atoms with Crippen molar-refractivity contribution in [1.82, 2.24) is 4.57 Å². The highest BCUT2D eigenvalue weighted by atomic mass is 79.9. The maximum Gasteiger partial charge on any atom is 0.0505 e. The predicted octanol–water partition coefficient (Wildman–Crippen LogP) is 11.0. The zero-order valence-corrected chi connectivity index (χ0v) is 22.6. The van der Waals surface area contributed by atoms with Crippen LogP contribution in [0, 0.1) is 0 Å². The van der Waals surface area contributed by atoms with Crippen molar-refractivity contribution in [1.29, 1.82) is 0 Å². The Morgan fingerprint density at radius 1 is 0.645 bits per heavy atom. The standard InChI is InChI=1S/C28H39Br2N/c1-3-4-5-6-7-8-9-10-11-12-13-14-15-22(2)31-27-20-23(29)16-18-25(27)26-19-17-24(30)21-28(26)31/h16-22H,3-15H2,1-2H3. The number of halogens is 2. The van der Waals surface area contributed by atoms with Crippen molar-refractivity contribution >= 4 is 53.7 Å². The quantitative estimate of drug-likeness (QED) is 0.176. The van der Waals surface area contributed by atoms with Crippen molar-refractivity contribution in [2.75, 3.05) is 0 Å². The van der Waals surface area contributed by atoms with E-state index in [4.69, 9.17) is 0 Å². The van der Waals surface area contributed by atoms with Crippen LogP contribution in [0.4, 0.5) is 0 Å². The van der Waals surface area contributed by atoms with Crippen LogP contribution >= 0.6 is 31.9 Å². The molecule has 170 valence electrons. The maximum absolute atomic E-state index is 3.68. The maximum atomic E-state index is 3.68. The fraction of sp³-hybridized carbons (Fsp3) is 0.571. The molecule has 0 aliphatic heterocycles. The number of hydrogen-bond donors (Lipinski definition) is 0. The van der Waals surface area contributed by atoms with Gasteiger partial charge < -0.3 is 4.57 Å². The van der Waals surface area contributed by atoms with E-state index in [0.717, 1.165) is 8.95 Å². The minimum absolute atomic E-state index is 0.506. The first kappa shape index (κ1) is 24.8. The molecule has 3 aromatic rings. The molecule has 3 heteroatoms. The van der Waals surface area contributed by atoms with E-state index in [2.05, 4.69) is 86.7 Å². The second-order valence-corrected chi connectivity index (χ2v) is 11.1. The van der Waals surface area contributed by atoms with Gasteiger partial charge in [0.15, 0.2) is 0 Å². The molecule has 0 bridgehead atoms. The van der Waals surface area contributed by atoms with Gasteiger partial charge in [-0.25, -0.2) is 0 Å². The molecular formula is C28H39Br2N. The highest BCUT2D eigenvalue weighted by Gasteiger charge is 2.15. The van der Waals surface area contributed by atoms with Crippen molar-refractivity contribution in [3.8, 4) is 0 Å². The molecule has 0 aliphatic rings. The van der Waals surface area contributed by atoms with E-state index < -0.39 is 0 Å². The van der Waals surface area contributed by atoms with Gasteiger partial charge >= 0.3 is 0 Å². The number of nitrogens with zero attached hydrogens (tertiary/aromatic N) is 1. The zero-order chi connectivity index (χ0) is 22.1. The van der Waals surface area contributed by atoms with Gasteiger partial charge in [-0.05, 0) is 37.6 Å². The summed E-state index contributed by atoms with van der Waals surface area (Å²) in [6.45, 7) is 4.68. The molecule has 1 aromatic heterocycles. The van der Waals surface area contributed by atoms with E-state index in [1.54, 1.807) is 0 Å². The topological polar surface area (TPSA) is 4.93 Å². The summed E-state index contributed by atoms with van der Waals surface area (Å²) >= 11 is 7.36. The lowest BCUT2D eigenvalue weighted by atomic mass is 10.0. The first-order valence-electron chi connectivity index (χ1n) is 12.5. The minimum atomic E-state index is 0.506. The molecule has 31 heavy (non-hydrogen) atoms. The Kier molecular flexibility index (Phi) is 10.4. The number of rotatable bonds is 14. The van der Waals surface area contributed by atoms with E-state index in [9.17, 15) is 0 Å². The molecule has 1 unspecified atom stereocenters. The summed E-state index contributed by atoms with van der Waals surface area (Å²) in [6, 6.07) is 13.9. The SMILES string of the molecule is CCCCCCCCCCCCCCC(C)n1c2cc(Br)ccc2c2ccc(Br)cc21. The Labute approximate surface area is 206 Å². The molecular weight excluding hydrogens is 510 g/mol. The molecule has 0 aliphatic carbocycles. The molecule has 1 atom stereocenters. The van der Waals surface area contributed by atoms with E-state index in [1.807, 2.05) is 0 Å². The average molecular weight is 549 g/mol. The molecule has 0 N–H and O–H groups in total. The van der Waals surface area contributed by atoms with E-state index in [1.165, 1.54) is 105 Å². The van der Waals surface area contributed by atoms with Crippen LogP contribution in [0.3, 0.4) is 0 Å². The summed E-state index contributed by atoms with van der Waals surface area (Å²) in [7, 11) is 0. The lowest BCUT2D eigenvalue weighted by molar-refractivity contribution is 0.482. The third-order valence-electron chi connectivity index (χ3n) is 6.65. The molecule has 0 fully saturated rings. The molecule has 0 saturated heterocycles. The first-order chi connectivity index (χ1) is 15.1. The number of aromatic nitrogens is 1. The van der Waals surface area contributed by atoms with Crippen LogP contribution in [-0.4, -0.2) is 4.57 Å². The first-order valence-corrected chi connectivity index (χ1v) is 14.1. The van der Waals surface area contributed by atoms with Gasteiger partial charge in [0.2, 0.25) is 0 Å². The minimum Gasteiger partial charge on any atom is -0.338 e. The van der Waals surface area contributed by atoms with Gasteiger partial charge in [0, 0.05) is 25.8 Å². The number of unbranched alkanes of at least 4 members (excludes halogenated alkanes) is 11. The summed E-state index contributed by atoms with van der Waals surface area (Å²) in [5, 5.41) is 2.71. The third-order valence-corrected chi connectivity index (χ3v) is 7.63. The summed E-state index contributed by atoms with van der Waals surface area (Å²) in [4.78, 5) is 0. The molecule has 1 heterocycles. The van der Waals surface area contributed by atoms with Gasteiger partial charge in [0.25, 0.3) is 0 Å². The van der Waals surface area contributed by atoms with Gasteiger partial charge in [0.1, 0.15) is 0 Å². The fourth-order valence-electron chi connectivity index (χ4n) is 4.88. The Morgan fingerprint density at radius 3 is 1.52 bits per heavy atom. The van der Waals surface area contributed by atoms with Crippen molar-refractivity contribution in [3.63, 3.8) is 0 Å². The van der Waals surface area contributed by atoms with E-state index in [-0.39, 0.29) is 0 Å². The van der Waals surface area contributed by atoms with Crippen LogP contribution in [0.2, 0.25) is 0 Å². The van der Waals surface area contributed by atoms with Crippen LogP contribution in [0.5, 0.6) is 0 Å². The average Bonchev–Trinajstić information content (AvgIpc) is 3.06. The van der Waals surface area contributed by atoms with Gasteiger partial charge in [-0.15, -0.1) is 0 Å². The molecule has 1 nitrogen and oxygen atoms in total. The van der Waals surface area contributed by atoms with Crippen LogP contribution in [0.1, 0.15) is 103 Å². The van der Waals surface area contributed by atoms with Crippen LogP contribution in [0.15, 0.2) is 45.3 Å². The molecule has 0 saturated carbocycles. The third kappa shape index (κ3) is 7.09. The van der Waals surface area contributed by atoms with Crippen molar-refractivity contribution < 1.29 is 0 Å². The van der Waals surface area contributed by atoms with Crippen molar-refractivity contribution in [2.45, 2.75) is 103 Å². The largest absolute Gasteiger partial charge is 0.338 e. The molecule has 2 aromatic carbocycles. The number of hydrogen-bond acceptors (Lipinski definition) is 0. The molecule has 0 radical (unpaired) electrons. The summed E-state index contributed by atoms with van der Waals surface area (Å²) in [6.07, 6.45) is 18.2. The predicted molar refractivity (Wildman–Crippen MR) is 145 cm³/mol. The zero-order valence-electron chi connectivity index (χ0n) is 19.4. The Morgan fingerprint density at radius 2 is 1.06 bits per heavy atom.